The van der Waals surface area contributed by atoms with Crippen molar-refractivity contribution in [3.8, 4) is 0 Å². The maximum absolute atomic E-state index is 15.5. The minimum absolute atomic E-state index is 0.00999. The van der Waals surface area contributed by atoms with Gasteiger partial charge in [0.25, 0.3) is 0 Å². The molecule has 2 aliphatic rings. The van der Waals surface area contributed by atoms with E-state index < -0.39 is 43.6 Å². The van der Waals surface area contributed by atoms with Crippen molar-refractivity contribution in [3.05, 3.63) is 70.8 Å². The zero-order valence-corrected chi connectivity index (χ0v) is 21.2. The van der Waals surface area contributed by atoms with E-state index in [4.69, 9.17) is 9.47 Å². The summed E-state index contributed by atoms with van der Waals surface area (Å²) in [5.41, 5.74) is -0.548. The zero-order chi connectivity index (χ0) is 25.9. The van der Waals surface area contributed by atoms with Crippen LogP contribution in [-0.2, 0) is 36.1 Å². The Morgan fingerprint density at radius 2 is 1.86 bits per heavy atom. The first-order chi connectivity index (χ1) is 17.2. The first kappa shape index (κ1) is 26.7. The Morgan fingerprint density at radius 3 is 2.53 bits per heavy atom. The lowest BCUT2D eigenvalue weighted by Crippen LogP contribution is -2.53. The molecule has 1 unspecified atom stereocenters. The normalized spacial score (nSPS) is 25.3. The van der Waals surface area contributed by atoms with Crippen LogP contribution in [0.5, 0.6) is 0 Å². The van der Waals surface area contributed by atoms with Crippen LogP contribution in [0.3, 0.4) is 0 Å². The highest BCUT2D eigenvalue weighted by Crippen LogP contribution is 2.39. The Balaban J connectivity index is 1.63. The van der Waals surface area contributed by atoms with Crippen molar-refractivity contribution in [3.63, 3.8) is 0 Å². The highest BCUT2D eigenvalue weighted by atomic mass is 32.2. The minimum atomic E-state index is -3.70. The molecule has 2 aromatic rings. The average molecular weight is 523 g/mol. The van der Waals surface area contributed by atoms with Crippen LogP contribution in [0.2, 0.25) is 0 Å². The van der Waals surface area contributed by atoms with Gasteiger partial charge >= 0.3 is 0 Å². The molecule has 10 heteroatoms. The lowest BCUT2D eigenvalue weighted by molar-refractivity contribution is -0.146. The molecule has 196 valence electrons. The van der Waals surface area contributed by atoms with Crippen LogP contribution in [0, 0.1) is 11.6 Å². The third-order valence-electron chi connectivity index (χ3n) is 7.28. The number of likely N-dealkylation sites (N-methyl/N-ethyl adjacent to an activating group) is 1. The summed E-state index contributed by atoms with van der Waals surface area (Å²) in [6.07, 6.45) is 0.352. The predicted molar refractivity (Wildman–Crippen MR) is 131 cm³/mol. The Kier molecular flexibility index (Phi) is 8.09. The number of nitrogens with one attached hydrogen (secondary N) is 2. The summed E-state index contributed by atoms with van der Waals surface area (Å²) in [6, 6.07) is 10.6. The third-order valence-corrected chi connectivity index (χ3v) is 9.93. The van der Waals surface area contributed by atoms with Crippen molar-refractivity contribution in [2.45, 2.75) is 48.3 Å². The van der Waals surface area contributed by atoms with E-state index in [2.05, 4.69) is 10.6 Å². The first-order valence-corrected chi connectivity index (χ1v) is 13.7. The number of sulfone groups is 1. The zero-order valence-electron chi connectivity index (χ0n) is 20.4. The molecule has 0 radical (unpaired) electrons. The van der Waals surface area contributed by atoms with Gasteiger partial charge in [-0.25, -0.2) is 17.2 Å². The maximum Gasteiger partial charge on any atom is 0.245 e. The van der Waals surface area contributed by atoms with Gasteiger partial charge in [0.2, 0.25) is 5.91 Å². The van der Waals surface area contributed by atoms with Crippen molar-refractivity contribution >= 4 is 15.7 Å². The Morgan fingerprint density at radius 1 is 1.17 bits per heavy atom. The number of hydrogen-bond acceptors (Lipinski definition) is 6. The van der Waals surface area contributed by atoms with Gasteiger partial charge in [0.1, 0.15) is 23.8 Å². The lowest BCUT2D eigenvalue weighted by atomic mass is 9.84. The summed E-state index contributed by atoms with van der Waals surface area (Å²) in [5.74, 6) is -1.78. The number of benzene rings is 2. The van der Waals surface area contributed by atoms with E-state index >= 15 is 8.78 Å². The molecule has 1 amide bonds. The van der Waals surface area contributed by atoms with Crippen LogP contribution in [0.4, 0.5) is 8.78 Å². The van der Waals surface area contributed by atoms with Gasteiger partial charge in [-0.2, -0.15) is 0 Å². The minimum Gasteiger partial charge on any atom is -0.381 e. The van der Waals surface area contributed by atoms with Gasteiger partial charge in [-0.1, -0.05) is 30.3 Å². The first-order valence-electron chi connectivity index (χ1n) is 12.1. The quantitative estimate of drug-likeness (QED) is 0.581. The molecule has 0 aliphatic carbocycles. The molecule has 0 bridgehead atoms. The second-order valence-electron chi connectivity index (χ2n) is 9.42. The highest BCUT2D eigenvalue weighted by Gasteiger charge is 2.43. The molecule has 4 rings (SSSR count). The molecule has 2 N–H and O–H groups in total. The molecule has 2 saturated heterocycles. The summed E-state index contributed by atoms with van der Waals surface area (Å²) < 4.78 is 69.2. The number of rotatable bonds is 7. The second-order valence-corrected chi connectivity index (χ2v) is 11.8. The van der Waals surface area contributed by atoms with Crippen LogP contribution in [-0.4, -0.2) is 59.0 Å². The number of ether oxygens (including phenoxy) is 2. The summed E-state index contributed by atoms with van der Waals surface area (Å²) >= 11 is 0. The summed E-state index contributed by atoms with van der Waals surface area (Å²) in [4.78, 5) is 11.8. The van der Waals surface area contributed by atoms with Crippen LogP contribution < -0.4 is 10.6 Å². The summed E-state index contributed by atoms with van der Waals surface area (Å²) in [5, 5.41) is 3.98. The Bertz CT molecular complexity index is 1190. The SMILES string of the molecule is CNC(=O)COC1(c2cc(F)c(CC3[C@H](C)NC[C@@H](c4ccccc4)S3(=O)=O)cc2F)CCOCC1. The molecule has 2 heterocycles. The van der Waals surface area contributed by atoms with Gasteiger partial charge < -0.3 is 20.1 Å². The van der Waals surface area contributed by atoms with E-state index in [0.717, 1.165) is 12.1 Å². The number of hydrogen-bond donors (Lipinski definition) is 2. The summed E-state index contributed by atoms with van der Waals surface area (Å²) in [7, 11) is -2.23. The summed E-state index contributed by atoms with van der Waals surface area (Å²) in [6.45, 7) is 2.26. The number of carbonyl (C=O) groups is 1. The second kappa shape index (κ2) is 10.9. The maximum atomic E-state index is 15.5. The molecule has 3 atom stereocenters. The van der Waals surface area contributed by atoms with Gasteiger partial charge in [-0.05, 0) is 36.6 Å². The standard InChI is InChI=1S/C26H32F2N2O5S/c1-17-23(36(32,33)24(15-30-17)18-6-4-3-5-7-18)13-19-12-22(28)20(14-21(19)27)26(8-10-34-11-9-26)35-16-25(31)29-2/h3-7,12,14,17,23-24,30H,8-11,13,15-16H2,1-2H3,(H,29,31)/t17-,23?,24-/m0/s1. The monoisotopic (exact) mass is 522 g/mol. The smallest absolute Gasteiger partial charge is 0.245 e. The number of amides is 1. The van der Waals surface area contributed by atoms with Crippen molar-refractivity contribution in [1.82, 2.24) is 10.6 Å². The predicted octanol–water partition coefficient (Wildman–Crippen LogP) is 2.79. The largest absolute Gasteiger partial charge is 0.381 e. The molecular weight excluding hydrogens is 490 g/mol. The van der Waals surface area contributed by atoms with Crippen LogP contribution in [0.1, 0.15) is 41.7 Å². The fourth-order valence-corrected chi connectivity index (χ4v) is 7.45. The van der Waals surface area contributed by atoms with E-state index in [0.29, 0.717) is 5.56 Å². The molecular formula is C26H32F2N2O5S. The van der Waals surface area contributed by atoms with Gasteiger partial charge in [0.05, 0.1) is 10.5 Å². The average Bonchev–Trinajstić information content (AvgIpc) is 2.87. The van der Waals surface area contributed by atoms with E-state index in [1.54, 1.807) is 31.2 Å². The third kappa shape index (κ3) is 5.32. The van der Waals surface area contributed by atoms with Gasteiger partial charge in [-0.15, -0.1) is 0 Å². The van der Waals surface area contributed by atoms with E-state index in [9.17, 15) is 13.2 Å². The number of halogens is 2. The van der Waals surface area contributed by atoms with Crippen molar-refractivity contribution in [2.75, 3.05) is 33.4 Å². The molecule has 36 heavy (non-hydrogen) atoms. The Hall–Kier alpha value is -2.40. The van der Waals surface area contributed by atoms with Gasteiger partial charge in [0.15, 0.2) is 9.84 Å². The lowest BCUT2D eigenvalue weighted by Gasteiger charge is -2.38. The molecule has 0 saturated carbocycles. The molecule has 2 fully saturated rings. The fraction of sp³-hybridized carbons (Fsp3) is 0.500. The number of carbonyl (C=O) groups excluding carboxylic acids is 1. The molecule has 0 aromatic heterocycles. The van der Waals surface area contributed by atoms with Gasteiger partial charge in [-0.3, -0.25) is 4.79 Å². The topological polar surface area (TPSA) is 93.7 Å². The molecule has 0 spiro atoms. The molecule has 2 aliphatic heterocycles. The van der Waals surface area contributed by atoms with Crippen LogP contribution >= 0.6 is 0 Å². The molecule has 7 nitrogen and oxygen atoms in total. The van der Waals surface area contributed by atoms with Crippen molar-refractivity contribution < 1.29 is 31.5 Å². The van der Waals surface area contributed by atoms with E-state index in [1.165, 1.54) is 7.05 Å². The van der Waals surface area contributed by atoms with Crippen LogP contribution in [0.15, 0.2) is 42.5 Å². The molecule has 2 aromatic carbocycles. The van der Waals surface area contributed by atoms with E-state index in [1.807, 2.05) is 6.07 Å². The van der Waals surface area contributed by atoms with Gasteiger partial charge in [0, 0.05) is 51.3 Å². The Labute approximate surface area is 210 Å². The van der Waals surface area contributed by atoms with Crippen LogP contribution in [0.25, 0.3) is 0 Å². The highest BCUT2D eigenvalue weighted by molar-refractivity contribution is 7.92. The van der Waals surface area contributed by atoms with Crippen molar-refractivity contribution in [2.24, 2.45) is 0 Å². The van der Waals surface area contributed by atoms with Crippen molar-refractivity contribution in [1.29, 1.82) is 0 Å². The van der Waals surface area contributed by atoms with E-state index in [-0.39, 0.29) is 62.7 Å². The fourth-order valence-electron chi connectivity index (χ4n) is 5.08.